The van der Waals surface area contributed by atoms with Crippen LogP contribution in [0.25, 0.3) is 0 Å². The number of aryl methyl sites for hydroxylation is 2. The molecule has 11 nitrogen and oxygen atoms in total. The van der Waals surface area contributed by atoms with Crippen molar-refractivity contribution < 1.29 is 55.3 Å². The predicted molar refractivity (Wildman–Crippen MR) is 118 cm³/mol. The summed E-state index contributed by atoms with van der Waals surface area (Å²) in [5.74, 6) is -3.54. The van der Waals surface area contributed by atoms with Gasteiger partial charge in [-0.2, -0.15) is 26.3 Å². The molecule has 0 spiro atoms. The van der Waals surface area contributed by atoms with E-state index in [0.717, 1.165) is 56.4 Å². The second kappa shape index (κ2) is 14.7. The van der Waals surface area contributed by atoms with Crippen LogP contribution in [0.15, 0.2) is 16.5 Å². The third-order valence-corrected chi connectivity index (χ3v) is 4.72. The quantitative estimate of drug-likeness (QED) is 0.384. The molecule has 2 N–H and O–H groups in total. The summed E-state index contributed by atoms with van der Waals surface area (Å²) in [6, 6.07) is 4.07. The van der Waals surface area contributed by atoms with E-state index >= 15 is 0 Å². The van der Waals surface area contributed by atoms with E-state index in [9.17, 15) is 26.3 Å². The molecule has 2 aromatic heterocycles. The summed E-state index contributed by atoms with van der Waals surface area (Å²) in [6.45, 7) is 7.71. The zero-order valence-electron chi connectivity index (χ0n) is 20.8. The lowest BCUT2D eigenvalue weighted by atomic mass is 10.3. The van der Waals surface area contributed by atoms with Gasteiger partial charge in [0.1, 0.15) is 17.2 Å². The van der Waals surface area contributed by atoms with Crippen molar-refractivity contribution in [1.82, 2.24) is 24.8 Å². The third kappa shape index (κ3) is 12.4. The number of ether oxygens (including phenoxy) is 1. The summed E-state index contributed by atoms with van der Waals surface area (Å²) >= 11 is 0. The monoisotopic (exact) mass is 561 g/mol. The number of rotatable bonds is 7. The van der Waals surface area contributed by atoms with E-state index in [1.54, 1.807) is 0 Å². The number of furan rings is 1. The first-order chi connectivity index (χ1) is 17.5. The molecular weight excluding hydrogens is 532 g/mol. The number of hydrogen-bond acceptors (Lipinski definition) is 8. The molecule has 0 bridgehead atoms. The molecule has 0 radical (unpaired) electrons. The number of aliphatic carboxylic acids is 2. The first-order valence-electron chi connectivity index (χ1n) is 11.0. The van der Waals surface area contributed by atoms with Gasteiger partial charge >= 0.3 is 24.3 Å². The Labute approximate surface area is 213 Å². The van der Waals surface area contributed by atoms with E-state index in [1.165, 1.54) is 5.69 Å². The van der Waals surface area contributed by atoms with E-state index in [1.807, 2.05) is 31.8 Å². The highest BCUT2D eigenvalue weighted by atomic mass is 19.4. The van der Waals surface area contributed by atoms with E-state index < -0.39 is 24.3 Å². The number of aromatic nitrogens is 3. The first kappa shape index (κ1) is 32.8. The number of likely N-dealkylation sites (N-methyl/N-ethyl adjacent to an activating group) is 1. The van der Waals surface area contributed by atoms with Crippen molar-refractivity contribution in [3.63, 3.8) is 0 Å². The Balaban J connectivity index is 0.000000426. The fraction of sp³-hybridized carbons (Fsp3) is 0.619. The van der Waals surface area contributed by atoms with E-state index in [4.69, 9.17) is 29.0 Å². The molecule has 3 rings (SSSR count). The molecule has 0 aliphatic carbocycles. The summed E-state index contributed by atoms with van der Waals surface area (Å²) < 4.78 is 77.0. The van der Waals surface area contributed by atoms with Gasteiger partial charge in [-0.05, 0) is 39.6 Å². The molecule has 38 heavy (non-hydrogen) atoms. The Bertz CT molecular complexity index is 997. The fourth-order valence-electron chi connectivity index (χ4n) is 2.91. The van der Waals surface area contributed by atoms with Crippen molar-refractivity contribution in [2.45, 2.75) is 51.9 Å². The maximum Gasteiger partial charge on any atom is 0.490 e. The predicted octanol–water partition coefficient (Wildman–Crippen LogP) is 2.93. The van der Waals surface area contributed by atoms with Gasteiger partial charge in [0.05, 0.1) is 25.5 Å². The average Bonchev–Trinajstić information content (AvgIpc) is 3.30. The first-order valence-corrected chi connectivity index (χ1v) is 11.0. The van der Waals surface area contributed by atoms with Crippen LogP contribution in [0.1, 0.15) is 29.3 Å². The molecule has 3 heterocycles. The van der Waals surface area contributed by atoms with Crippen molar-refractivity contribution in [3.05, 3.63) is 35.0 Å². The van der Waals surface area contributed by atoms with Crippen LogP contribution in [-0.2, 0) is 40.6 Å². The van der Waals surface area contributed by atoms with Gasteiger partial charge in [-0.15, -0.1) is 5.10 Å². The molecule has 0 amide bonds. The van der Waals surface area contributed by atoms with Gasteiger partial charge in [-0.25, -0.2) is 14.3 Å². The van der Waals surface area contributed by atoms with Gasteiger partial charge in [-0.3, -0.25) is 4.90 Å². The number of alkyl halides is 6. The van der Waals surface area contributed by atoms with Gasteiger partial charge in [0.15, 0.2) is 0 Å². The van der Waals surface area contributed by atoms with E-state index in [0.29, 0.717) is 13.2 Å². The number of nitrogens with zero attached hydrogens (tertiary/aromatic N) is 5. The summed E-state index contributed by atoms with van der Waals surface area (Å²) in [4.78, 5) is 22.3. The minimum Gasteiger partial charge on any atom is -0.475 e. The van der Waals surface area contributed by atoms with Crippen molar-refractivity contribution in [1.29, 1.82) is 0 Å². The molecule has 0 fully saturated rings. The highest BCUT2D eigenvalue weighted by Crippen LogP contribution is 2.19. The molecule has 0 atom stereocenters. The molecule has 0 saturated heterocycles. The van der Waals surface area contributed by atoms with Crippen molar-refractivity contribution >= 4 is 11.9 Å². The largest absolute Gasteiger partial charge is 0.490 e. The SMILES string of the molecule is Cc1ccc(CN2CCCn3nnc(COCCN(C)C)c3C2)o1.O=C(O)C(F)(F)F.O=C(O)C(F)(F)F. The topological polar surface area (TPSA) is 134 Å². The molecule has 1 aliphatic heterocycles. The number of carboxylic acids is 2. The molecule has 2 aromatic rings. The molecule has 216 valence electrons. The fourth-order valence-corrected chi connectivity index (χ4v) is 2.91. The van der Waals surface area contributed by atoms with E-state index in [-0.39, 0.29) is 0 Å². The van der Waals surface area contributed by atoms with Gasteiger partial charge in [0.25, 0.3) is 0 Å². The van der Waals surface area contributed by atoms with Crippen LogP contribution >= 0.6 is 0 Å². The van der Waals surface area contributed by atoms with Gasteiger partial charge in [0, 0.05) is 26.2 Å². The maximum atomic E-state index is 10.6. The highest BCUT2D eigenvalue weighted by molar-refractivity contribution is 5.73. The molecular formula is C21H29F6N5O6. The molecule has 1 aliphatic rings. The minimum atomic E-state index is -5.08. The summed E-state index contributed by atoms with van der Waals surface area (Å²) in [7, 11) is 4.09. The van der Waals surface area contributed by atoms with Crippen molar-refractivity contribution in [3.8, 4) is 0 Å². The van der Waals surface area contributed by atoms with Gasteiger partial charge in [-0.1, -0.05) is 5.21 Å². The Hall–Kier alpha value is -3.18. The Morgan fingerprint density at radius 2 is 1.66 bits per heavy atom. The Kier molecular flexibility index (Phi) is 12.7. The Morgan fingerprint density at radius 1 is 1.08 bits per heavy atom. The lowest BCUT2D eigenvalue weighted by Gasteiger charge is -2.18. The highest BCUT2D eigenvalue weighted by Gasteiger charge is 2.38. The average molecular weight is 561 g/mol. The second-order valence-electron chi connectivity index (χ2n) is 8.24. The lowest BCUT2D eigenvalue weighted by Crippen LogP contribution is -2.23. The molecule has 17 heteroatoms. The molecule has 0 saturated carbocycles. The molecule has 0 unspecified atom stereocenters. The number of carbonyl (C=O) groups is 2. The lowest BCUT2D eigenvalue weighted by molar-refractivity contribution is -0.193. The van der Waals surface area contributed by atoms with Crippen LogP contribution < -0.4 is 0 Å². The zero-order chi connectivity index (χ0) is 29.1. The second-order valence-corrected chi connectivity index (χ2v) is 8.24. The normalized spacial score (nSPS) is 14.1. The Morgan fingerprint density at radius 3 is 2.13 bits per heavy atom. The van der Waals surface area contributed by atoms with Crippen LogP contribution in [0, 0.1) is 6.92 Å². The van der Waals surface area contributed by atoms with Gasteiger partial charge < -0.3 is 24.3 Å². The van der Waals surface area contributed by atoms with E-state index in [2.05, 4.69) is 26.2 Å². The number of hydrogen-bond donors (Lipinski definition) is 2. The summed E-state index contributed by atoms with van der Waals surface area (Å²) in [5, 5.41) is 22.9. The zero-order valence-corrected chi connectivity index (χ0v) is 20.8. The number of carboxylic acid groups (broad SMARTS) is 2. The van der Waals surface area contributed by atoms with Crippen molar-refractivity contribution in [2.24, 2.45) is 0 Å². The van der Waals surface area contributed by atoms with Crippen LogP contribution in [0.5, 0.6) is 0 Å². The van der Waals surface area contributed by atoms with Crippen LogP contribution in [-0.4, -0.2) is 93.1 Å². The van der Waals surface area contributed by atoms with Crippen LogP contribution in [0.4, 0.5) is 26.3 Å². The smallest absolute Gasteiger partial charge is 0.475 e. The number of fused-ring (bicyclic) bond motifs is 1. The maximum absolute atomic E-state index is 10.6. The van der Waals surface area contributed by atoms with Crippen LogP contribution in [0.2, 0.25) is 0 Å². The standard InChI is InChI=1S/C17H27N5O2.2C2HF3O2/c1-14-5-6-15(24-14)11-21-7-4-8-22-17(12-21)16(18-19-22)13-23-10-9-20(2)3;2*3-2(4,5)1(6)7/h5-6H,4,7-13H2,1-3H3;2*(H,6,7). The molecule has 0 aromatic carbocycles. The summed E-state index contributed by atoms with van der Waals surface area (Å²) in [6.07, 6.45) is -9.10. The van der Waals surface area contributed by atoms with Crippen LogP contribution in [0.3, 0.4) is 0 Å². The van der Waals surface area contributed by atoms with Gasteiger partial charge in [0.2, 0.25) is 0 Å². The minimum absolute atomic E-state index is 0.525. The number of halogens is 6. The third-order valence-electron chi connectivity index (χ3n) is 4.72. The van der Waals surface area contributed by atoms with Crippen molar-refractivity contribution in [2.75, 3.05) is 33.8 Å². The summed E-state index contributed by atoms with van der Waals surface area (Å²) in [5.41, 5.74) is 2.12.